The van der Waals surface area contributed by atoms with Crippen LogP contribution in [-0.2, 0) is 0 Å². The van der Waals surface area contributed by atoms with Gasteiger partial charge in [-0.05, 0) is 48.0 Å². The summed E-state index contributed by atoms with van der Waals surface area (Å²) in [5.41, 5.74) is 0.578. The number of carbonyl (C=O) groups excluding carboxylic acids is 1. The van der Waals surface area contributed by atoms with Gasteiger partial charge in [-0.2, -0.15) is 5.26 Å². The first kappa shape index (κ1) is 15.1. The lowest BCUT2D eigenvalue weighted by Gasteiger charge is -2.26. The zero-order valence-corrected chi connectivity index (χ0v) is 12.8. The minimum atomic E-state index is -0.0805. The van der Waals surface area contributed by atoms with Gasteiger partial charge in [0.25, 0.3) is 5.91 Å². The van der Waals surface area contributed by atoms with Gasteiger partial charge in [-0.15, -0.1) is 12.6 Å². The van der Waals surface area contributed by atoms with Gasteiger partial charge >= 0.3 is 0 Å². The molecule has 0 aliphatic carbocycles. The molecule has 0 bridgehead atoms. The second-order valence-electron chi connectivity index (χ2n) is 4.16. The van der Waals surface area contributed by atoms with Gasteiger partial charge in [0.05, 0.1) is 18.1 Å². The molecule has 0 fully saturated rings. The number of carbonyl (C=O) groups is 1. The summed E-state index contributed by atoms with van der Waals surface area (Å²) in [6.07, 6.45) is 0.335. The number of amides is 1. The second kappa shape index (κ2) is 6.81. The van der Waals surface area contributed by atoms with Crippen LogP contribution >= 0.6 is 28.6 Å². The van der Waals surface area contributed by atoms with Gasteiger partial charge in [0.15, 0.2) is 0 Å². The van der Waals surface area contributed by atoms with Crippen molar-refractivity contribution in [3.63, 3.8) is 0 Å². The zero-order chi connectivity index (χ0) is 13.7. The van der Waals surface area contributed by atoms with Crippen molar-refractivity contribution in [1.82, 2.24) is 4.90 Å². The highest BCUT2D eigenvalue weighted by Gasteiger charge is 2.20. The van der Waals surface area contributed by atoms with E-state index in [-0.39, 0.29) is 11.9 Å². The maximum atomic E-state index is 12.4. The molecule has 1 aromatic rings. The van der Waals surface area contributed by atoms with E-state index >= 15 is 0 Å². The molecule has 3 nitrogen and oxygen atoms in total. The Balaban J connectivity index is 3.02. The number of rotatable bonds is 4. The Morgan fingerprint density at radius 2 is 2.22 bits per heavy atom. The number of hydrogen-bond donors (Lipinski definition) is 1. The van der Waals surface area contributed by atoms with Gasteiger partial charge in [0.1, 0.15) is 0 Å². The summed E-state index contributed by atoms with van der Waals surface area (Å²) in [6, 6.07) is 7.48. The van der Waals surface area contributed by atoms with Gasteiger partial charge < -0.3 is 4.90 Å². The van der Waals surface area contributed by atoms with Gasteiger partial charge in [0.2, 0.25) is 0 Å². The summed E-state index contributed by atoms with van der Waals surface area (Å²) in [7, 11) is 0. The van der Waals surface area contributed by atoms with Crippen LogP contribution in [0.15, 0.2) is 27.6 Å². The number of hydrogen-bond acceptors (Lipinski definition) is 3. The van der Waals surface area contributed by atoms with Crippen molar-refractivity contribution >= 4 is 34.5 Å². The monoisotopic (exact) mass is 326 g/mol. The van der Waals surface area contributed by atoms with E-state index in [1.54, 1.807) is 17.0 Å². The van der Waals surface area contributed by atoms with E-state index < -0.39 is 0 Å². The largest absolute Gasteiger partial charge is 0.335 e. The molecule has 0 atom stereocenters. The third-order valence-corrected chi connectivity index (χ3v) is 3.50. The molecule has 0 aliphatic rings. The molecule has 0 N–H and O–H groups in total. The number of halogens is 1. The van der Waals surface area contributed by atoms with Crippen LogP contribution in [0.2, 0.25) is 0 Å². The molecule has 18 heavy (non-hydrogen) atoms. The van der Waals surface area contributed by atoms with E-state index in [4.69, 9.17) is 5.26 Å². The smallest absolute Gasteiger partial charge is 0.255 e. The van der Waals surface area contributed by atoms with E-state index in [1.165, 1.54) is 0 Å². The Hall–Kier alpha value is -0.990. The first-order valence-corrected chi connectivity index (χ1v) is 6.87. The van der Waals surface area contributed by atoms with Crippen LogP contribution in [0, 0.1) is 11.3 Å². The fourth-order valence-corrected chi connectivity index (χ4v) is 2.22. The molecule has 0 saturated heterocycles. The number of nitriles is 1. The normalized spacial score (nSPS) is 10.2. The minimum absolute atomic E-state index is 0.0568. The van der Waals surface area contributed by atoms with E-state index in [9.17, 15) is 4.79 Å². The third kappa shape index (κ3) is 3.76. The second-order valence-corrected chi connectivity index (χ2v) is 5.54. The summed E-state index contributed by atoms with van der Waals surface area (Å²) in [5, 5.41) is 8.64. The highest BCUT2D eigenvalue weighted by molar-refractivity contribution is 9.10. The summed E-state index contributed by atoms with van der Waals surface area (Å²) in [5.74, 6) is -0.0805. The van der Waals surface area contributed by atoms with E-state index in [0.29, 0.717) is 18.5 Å². The molecule has 1 aromatic carbocycles. The molecule has 0 aromatic heterocycles. The average molecular weight is 327 g/mol. The van der Waals surface area contributed by atoms with Crippen molar-refractivity contribution in [3.8, 4) is 6.07 Å². The number of benzene rings is 1. The van der Waals surface area contributed by atoms with Crippen LogP contribution in [0.3, 0.4) is 0 Å². The van der Waals surface area contributed by atoms with E-state index in [1.807, 2.05) is 19.9 Å². The quantitative estimate of drug-likeness (QED) is 0.860. The highest BCUT2D eigenvalue weighted by Crippen LogP contribution is 2.22. The molecule has 0 radical (unpaired) electrons. The Morgan fingerprint density at radius 1 is 1.56 bits per heavy atom. The molecule has 0 heterocycles. The lowest BCUT2D eigenvalue weighted by atomic mass is 10.1. The fraction of sp³-hybridized carbons (Fsp3) is 0.385. The average Bonchev–Trinajstić information content (AvgIpc) is 2.32. The van der Waals surface area contributed by atoms with Crippen molar-refractivity contribution in [2.45, 2.75) is 31.2 Å². The lowest BCUT2D eigenvalue weighted by Crippen LogP contribution is -2.37. The van der Waals surface area contributed by atoms with Crippen LogP contribution in [0.25, 0.3) is 0 Å². The van der Waals surface area contributed by atoms with Gasteiger partial charge in [-0.1, -0.05) is 0 Å². The SMILES string of the molecule is CC(C)N(CCC#N)C(=O)c1cc(S)ccc1Br. The van der Waals surface area contributed by atoms with Gasteiger partial charge in [-0.3, -0.25) is 4.79 Å². The summed E-state index contributed by atoms with van der Waals surface area (Å²) in [6.45, 7) is 4.32. The molecule has 0 saturated carbocycles. The third-order valence-electron chi connectivity index (χ3n) is 2.53. The van der Waals surface area contributed by atoms with Crippen LogP contribution < -0.4 is 0 Å². The van der Waals surface area contributed by atoms with E-state index in [0.717, 1.165) is 9.37 Å². The predicted molar refractivity (Wildman–Crippen MR) is 77.8 cm³/mol. The van der Waals surface area contributed by atoms with Crippen molar-refractivity contribution < 1.29 is 4.79 Å². The first-order chi connectivity index (χ1) is 8.47. The fourth-order valence-electron chi connectivity index (χ4n) is 1.60. The Labute approximate surface area is 121 Å². The van der Waals surface area contributed by atoms with E-state index in [2.05, 4.69) is 34.6 Å². The highest BCUT2D eigenvalue weighted by atomic mass is 79.9. The Bertz CT molecular complexity index is 482. The minimum Gasteiger partial charge on any atom is -0.335 e. The lowest BCUT2D eigenvalue weighted by molar-refractivity contribution is 0.0709. The molecule has 0 unspecified atom stereocenters. The summed E-state index contributed by atoms with van der Waals surface area (Å²) < 4.78 is 0.743. The van der Waals surface area contributed by atoms with Crippen LogP contribution in [0.4, 0.5) is 0 Å². The summed E-state index contributed by atoms with van der Waals surface area (Å²) >= 11 is 7.61. The first-order valence-electron chi connectivity index (χ1n) is 5.63. The topological polar surface area (TPSA) is 44.1 Å². The van der Waals surface area contributed by atoms with Crippen molar-refractivity contribution in [2.24, 2.45) is 0 Å². The van der Waals surface area contributed by atoms with Gasteiger partial charge in [0, 0.05) is 22.0 Å². The molecule has 96 valence electrons. The maximum Gasteiger partial charge on any atom is 0.255 e. The zero-order valence-electron chi connectivity index (χ0n) is 10.4. The van der Waals surface area contributed by atoms with Crippen LogP contribution in [-0.4, -0.2) is 23.4 Å². The Morgan fingerprint density at radius 3 is 2.78 bits per heavy atom. The number of thiol groups is 1. The molecular weight excluding hydrogens is 312 g/mol. The predicted octanol–water partition coefficient (Wildman–Crippen LogP) is 3.50. The van der Waals surface area contributed by atoms with Crippen LogP contribution in [0.1, 0.15) is 30.6 Å². The molecular formula is C13H15BrN2OS. The van der Waals surface area contributed by atoms with Crippen LogP contribution in [0.5, 0.6) is 0 Å². The van der Waals surface area contributed by atoms with Crippen molar-refractivity contribution in [3.05, 3.63) is 28.2 Å². The molecule has 0 spiro atoms. The maximum absolute atomic E-state index is 12.4. The number of nitrogens with zero attached hydrogens (tertiary/aromatic N) is 2. The molecule has 1 rings (SSSR count). The van der Waals surface area contributed by atoms with Crippen molar-refractivity contribution in [2.75, 3.05) is 6.54 Å². The van der Waals surface area contributed by atoms with Crippen molar-refractivity contribution in [1.29, 1.82) is 5.26 Å². The molecule has 1 amide bonds. The molecule has 0 aliphatic heterocycles. The Kier molecular flexibility index (Phi) is 5.70. The standard InChI is InChI=1S/C13H15BrN2OS/c1-9(2)16(7-3-6-15)13(17)11-8-10(18)4-5-12(11)14/h4-5,8-9,18H,3,7H2,1-2H3. The summed E-state index contributed by atoms with van der Waals surface area (Å²) in [4.78, 5) is 14.9. The van der Waals surface area contributed by atoms with Gasteiger partial charge in [-0.25, -0.2) is 0 Å². The molecule has 5 heteroatoms.